The Bertz CT molecular complexity index is 972. The Morgan fingerprint density at radius 1 is 0.976 bits per heavy atom. The molecule has 1 fully saturated rings. The first-order valence-electron chi connectivity index (χ1n) is 17.0. The first-order valence-corrected chi connectivity index (χ1v) is 17.0. The summed E-state index contributed by atoms with van der Waals surface area (Å²) < 4.78 is 0. The first kappa shape index (κ1) is 34.1. The minimum atomic E-state index is -0.724. The fourth-order valence-electron chi connectivity index (χ4n) is 8.28. The van der Waals surface area contributed by atoms with Crippen molar-refractivity contribution in [2.45, 2.75) is 132 Å². The molecule has 0 aromatic heterocycles. The summed E-state index contributed by atoms with van der Waals surface area (Å²) in [6.07, 6.45) is 18.2. The molecule has 0 aromatic rings. The van der Waals surface area contributed by atoms with Gasteiger partial charge in [-0.25, -0.2) is 0 Å². The van der Waals surface area contributed by atoms with Crippen LogP contribution in [0.15, 0.2) is 59.8 Å². The smallest absolute Gasteiger partial charge is 0.0870 e. The van der Waals surface area contributed by atoms with Gasteiger partial charge in [0.15, 0.2) is 0 Å². The van der Waals surface area contributed by atoms with Gasteiger partial charge in [0.1, 0.15) is 0 Å². The van der Waals surface area contributed by atoms with E-state index < -0.39 is 12.2 Å². The van der Waals surface area contributed by atoms with Crippen molar-refractivity contribution in [3.8, 4) is 0 Å². The molecular formula is C39H64O2. The highest BCUT2D eigenvalue weighted by molar-refractivity contribution is 5.38. The van der Waals surface area contributed by atoms with Crippen LogP contribution >= 0.6 is 0 Å². The average Bonchev–Trinajstić information content (AvgIpc) is 2.99. The van der Waals surface area contributed by atoms with Gasteiger partial charge in [-0.3, -0.25) is 0 Å². The van der Waals surface area contributed by atoms with Crippen molar-refractivity contribution in [3.05, 3.63) is 59.8 Å². The van der Waals surface area contributed by atoms with Gasteiger partial charge in [-0.2, -0.15) is 0 Å². The van der Waals surface area contributed by atoms with E-state index in [1.807, 2.05) is 0 Å². The summed E-state index contributed by atoms with van der Waals surface area (Å²) in [4.78, 5) is 0. The van der Waals surface area contributed by atoms with Crippen LogP contribution < -0.4 is 0 Å². The fraction of sp³-hybridized carbons (Fsp3) is 0.744. The molecular weight excluding hydrogens is 500 g/mol. The molecule has 0 saturated heterocycles. The number of allylic oxidation sites excluding steroid dienone is 6. The molecule has 3 aliphatic carbocycles. The number of aliphatic hydroxyl groups excluding tert-OH is 2. The third-order valence-corrected chi connectivity index (χ3v) is 11.4. The number of hydrogen-bond acceptors (Lipinski definition) is 2. The monoisotopic (exact) mass is 564 g/mol. The zero-order valence-corrected chi connectivity index (χ0v) is 28.0. The minimum absolute atomic E-state index is 0.0627. The molecule has 9 atom stereocenters. The quantitative estimate of drug-likeness (QED) is 0.273. The molecule has 3 rings (SSSR count). The predicted molar refractivity (Wildman–Crippen MR) is 178 cm³/mol. The lowest BCUT2D eigenvalue weighted by Gasteiger charge is -2.47. The fourth-order valence-corrected chi connectivity index (χ4v) is 8.28. The lowest BCUT2D eigenvalue weighted by molar-refractivity contribution is -0.0261. The summed E-state index contributed by atoms with van der Waals surface area (Å²) in [5.41, 5.74) is 5.77. The highest BCUT2D eigenvalue weighted by Crippen LogP contribution is 2.50. The first-order chi connectivity index (χ1) is 19.2. The second-order valence-electron chi connectivity index (χ2n) is 15.7. The van der Waals surface area contributed by atoms with Gasteiger partial charge in [0.25, 0.3) is 0 Å². The predicted octanol–water partition coefficient (Wildman–Crippen LogP) is 10.2. The molecule has 0 spiro atoms. The van der Waals surface area contributed by atoms with Crippen LogP contribution in [0.3, 0.4) is 0 Å². The Balaban J connectivity index is 2.06. The second kappa shape index (κ2) is 14.9. The van der Waals surface area contributed by atoms with Crippen LogP contribution in [0.4, 0.5) is 0 Å². The van der Waals surface area contributed by atoms with Crippen LogP contribution in [0.5, 0.6) is 0 Å². The van der Waals surface area contributed by atoms with Gasteiger partial charge in [-0.1, -0.05) is 103 Å². The van der Waals surface area contributed by atoms with Crippen LogP contribution in [0.1, 0.15) is 120 Å². The third kappa shape index (κ3) is 8.82. The Labute approximate surface area is 254 Å². The molecule has 2 N–H and O–H groups in total. The van der Waals surface area contributed by atoms with Crippen molar-refractivity contribution in [1.82, 2.24) is 0 Å². The molecule has 1 saturated carbocycles. The van der Waals surface area contributed by atoms with Gasteiger partial charge in [-0.15, -0.1) is 0 Å². The van der Waals surface area contributed by atoms with E-state index >= 15 is 0 Å². The summed E-state index contributed by atoms with van der Waals surface area (Å²) in [5.74, 6) is 3.97. The molecule has 0 heterocycles. The van der Waals surface area contributed by atoms with Gasteiger partial charge in [-0.05, 0) is 124 Å². The Morgan fingerprint density at radius 3 is 2.24 bits per heavy atom. The van der Waals surface area contributed by atoms with Gasteiger partial charge in [0.2, 0.25) is 0 Å². The Kier molecular flexibility index (Phi) is 12.4. The van der Waals surface area contributed by atoms with E-state index in [4.69, 9.17) is 0 Å². The topological polar surface area (TPSA) is 40.5 Å². The van der Waals surface area contributed by atoms with E-state index in [0.29, 0.717) is 35.5 Å². The van der Waals surface area contributed by atoms with E-state index in [9.17, 15) is 10.2 Å². The van der Waals surface area contributed by atoms with E-state index in [1.54, 1.807) is 0 Å². The van der Waals surface area contributed by atoms with Gasteiger partial charge in [0.05, 0.1) is 12.2 Å². The SMILES string of the molecule is C=C1CC/C=C\CCC([C@@H](CC(C)C2CCC(C(C)(C)C)CC2C(C)C)C2C=CC[C@@H](O)C2O)=C1CC(C)C(=C)C. The standard InChI is InChI=1S/C39H64O2/c1-25(2)28(6)22-35-27(5)16-13-11-12-14-17-32(35)36(33-18-15-19-37(40)38(33)41)23-29(7)31-21-20-30(39(8,9)10)24-34(31)26(3)4/h11-12,15,18,26,28-31,33-34,36-38,40-41H,1,5,13-14,16-17,19-24H2,2-4,6-10H3/b12-11-,35-32?/t28?,29?,30?,31?,33?,34?,36-,37-,38?/m1/s1. The van der Waals surface area contributed by atoms with Gasteiger partial charge >= 0.3 is 0 Å². The van der Waals surface area contributed by atoms with Crippen LogP contribution in [0.25, 0.3) is 0 Å². The van der Waals surface area contributed by atoms with Crippen molar-refractivity contribution >= 4 is 0 Å². The summed E-state index contributed by atoms with van der Waals surface area (Å²) in [7, 11) is 0. The average molecular weight is 565 g/mol. The van der Waals surface area contributed by atoms with E-state index in [0.717, 1.165) is 50.4 Å². The van der Waals surface area contributed by atoms with Crippen LogP contribution in [-0.2, 0) is 0 Å². The minimum Gasteiger partial charge on any atom is -0.390 e. The van der Waals surface area contributed by atoms with E-state index in [-0.39, 0.29) is 11.8 Å². The highest BCUT2D eigenvalue weighted by atomic mass is 16.3. The molecule has 3 aliphatic rings. The summed E-state index contributed by atoms with van der Waals surface area (Å²) in [5, 5.41) is 22.3. The van der Waals surface area contributed by atoms with Crippen molar-refractivity contribution in [2.75, 3.05) is 0 Å². The van der Waals surface area contributed by atoms with Gasteiger partial charge < -0.3 is 10.2 Å². The van der Waals surface area contributed by atoms with E-state index in [1.165, 1.54) is 41.6 Å². The maximum absolute atomic E-state index is 11.5. The lowest BCUT2D eigenvalue weighted by atomic mass is 9.59. The van der Waals surface area contributed by atoms with Crippen LogP contribution in [0.2, 0.25) is 0 Å². The molecule has 0 radical (unpaired) electrons. The molecule has 232 valence electrons. The lowest BCUT2D eigenvalue weighted by Crippen LogP contribution is -2.41. The molecule has 0 aromatic carbocycles. The normalized spacial score (nSPS) is 33.1. The molecule has 41 heavy (non-hydrogen) atoms. The Morgan fingerprint density at radius 2 is 1.63 bits per heavy atom. The van der Waals surface area contributed by atoms with Crippen molar-refractivity contribution in [3.63, 3.8) is 0 Å². The summed E-state index contributed by atoms with van der Waals surface area (Å²) >= 11 is 0. The largest absolute Gasteiger partial charge is 0.390 e. The maximum Gasteiger partial charge on any atom is 0.0870 e. The summed E-state index contributed by atoms with van der Waals surface area (Å²) in [6, 6.07) is 0. The van der Waals surface area contributed by atoms with Crippen molar-refractivity contribution in [1.29, 1.82) is 0 Å². The molecule has 2 nitrogen and oxygen atoms in total. The third-order valence-electron chi connectivity index (χ3n) is 11.4. The Hall–Kier alpha value is -1.38. The van der Waals surface area contributed by atoms with Crippen molar-refractivity contribution < 1.29 is 10.2 Å². The van der Waals surface area contributed by atoms with Gasteiger partial charge in [0, 0.05) is 5.92 Å². The molecule has 0 aliphatic heterocycles. The van der Waals surface area contributed by atoms with Crippen LogP contribution in [-0.4, -0.2) is 22.4 Å². The molecule has 2 heteroatoms. The van der Waals surface area contributed by atoms with E-state index in [2.05, 4.69) is 92.9 Å². The zero-order valence-electron chi connectivity index (χ0n) is 28.0. The number of aliphatic hydroxyl groups is 2. The maximum atomic E-state index is 11.5. The molecule has 0 bridgehead atoms. The van der Waals surface area contributed by atoms with Crippen molar-refractivity contribution in [2.24, 2.45) is 52.8 Å². The molecule has 0 amide bonds. The highest BCUT2D eigenvalue weighted by Gasteiger charge is 2.42. The summed E-state index contributed by atoms with van der Waals surface area (Å²) in [6.45, 7) is 28.0. The number of hydrogen-bond donors (Lipinski definition) is 2. The molecule has 7 unspecified atom stereocenters. The van der Waals surface area contributed by atoms with Crippen LogP contribution in [0, 0.1) is 52.8 Å². The second-order valence-corrected chi connectivity index (χ2v) is 15.7. The number of rotatable bonds is 9. The zero-order chi connectivity index (χ0) is 30.5.